The lowest BCUT2D eigenvalue weighted by Gasteiger charge is -2.21. The molecule has 2 aromatic rings. The first-order valence-electron chi connectivity index (χ1n) is 8.98. The van der Waals surface area contributed by atoms with E-state index in [1.165, 1.54) is 6.08 Å². The highest BCUT2D eigenvalue weighted by Gasteiger charge is 2.12. The molecular formula is C22H25N3O2. The summed E-state index contributed by atoms with van der Waals surface area (Å²) in [6.45, 7) is 9.69. The molecule has 2 N–H and O–H groups in total. The molecule has 0 atom stereocenters. The molecule has 2 aromatic carbocycles. The maximum Gasteiger partial charge on any atom is 0.266 e. The van der Waals surface area contributed by atoms with Crippen LogP contribution in [-0.4, -0.2) is 24.1 Å². The summed E-state index contributed by atoms with van der Waals surface area (Å²) in [6, 6.07) is 12.7. The number of rotatable bonds is 6. The third-order valence-electron chi connectivity index (χ3n) is 4.57. The van der Waals surface area contributed by atoms with Crippen molar-refractivity contribution >= 4 is 23.4 Å². The molecule has 1 amide bonds. The highest BCUT2D eigenvalue weighted by atomic mass is 16.3. The van der Waals surface area contributed by atoms with Crippen LogP contribution < -0.4 is 10.2 Å². The summed E-state index contributed by atoms with van der Waals surface area (Å²) in [4.78, 5) is 14.5. The number of nitriles is 1. The first-order chi connectivity index (χ1) is 12.9. The maximum atomic E-state index is 12.4. The van der Waals surface area contributed by atoms with E-state index in [-0.39, 0.29) is 11.3 Å². The van der Waals surface area contributed by atoms with Crippen molar-refractivity contribution in [1.29, 1.82) is 5.26 Å². The zero-order valence-corrected chi connectivity index (χ0v) is 16.2. The molecule has 140 valence electrons. The van der Waals surface area contributed by atoms with Gasteiger partial charge in [0.25, 0.3) is 5.91 Å². The number of phenols is 1. The molecule has 0 bridgehead atoms. The minimum Gasteiger partial charge on any atom is -0.507 e. The zero-order chi connectivity index (χ0) is 20.0. The SMILES string of the molecule is CCN(CC)c1ccc(/C=C(\C#N)C(=O)Nc2ccc(C)c(C)c2)c(O)c1. The van der Waals surface area contributed by atoms with Crippen molar-refractivity contribution in [2.45, 2.75) is 27.7 Å². The van der Waals surface area contributed by atoms with Crippen LogP contribution >= 0.6 is 0 Å². The molecule has 0 aliphatic rings. The molecule has 0 radical (unpaired) electrons. The van der Waals surface area contributed by atoms with Gasteiger partial charge in [0.2, 0.25) is 0 Å². The van der Waals surface area contributed by atoms with Gasteiger partial charge in [-0.15, -0.1) is 0 Å². The van der Waals surface area contributed by atoms with E-state index < -0.39 is 5.91 Å². The van der Waals surface area contributed by atoms with Gasteiger partial charge < -0.3 is 15.3 Å². The maximum absolute atomic E-state index is 12.4. The van der Waals surface area contributed by atoms with Crippen LogP contribution in [0.2, 0.25) is 0 Å². The summed E-state index contributed by atoms with van der Waals surface area (Å²) in [5.41, 5.74) is 4.07. The molecule has 0 aromatic heterocycles. The largest absolute Gasteiger partial charge is 0.507 e. The fourth-order valence-corrected chi connectivity index (χ4v) is 2.76. The number of hydrogen-bond donors (Lipinski definition) is 2. The molecule has 0 aliphatic carbocycles. The highest BCUT2D eigenvalue weighted by Crippen LogP contribution is 2.27. The van der Waals surface area contributed by atoms with E-state index in [1.807, 2.05) is 52.0 Å². The smallest absolute Gasteiger partial charge is 0.266 e. The summed E-state index contributed by atoms with van der Waals surface area (Å²) < 4.78 is 0. The molecule has 0 spiro atoms. The van der Waals surface area contributed by atoms with E-state index in [9.17, 15) is 15.2 Å². The summed E-state index contributed by atoms with van der Waals surface area (Å²) in [6.07, 6.45) is 1.40. The number of amides is 1. The Morgan fingerprint density at radius 3 is 2.41 bits per heavy atom. The molecule has 0 saturated carbocycles. The predicted octanol–water partition coefficient (Wildman–Crippen LogP) is 4.40. The second-order valence-corrected chi connectivity index (χ2v) is 6.34. The van der Waals surface area contributed by atoms with Crippen LogP contribution in [0.1, 0.15) is 30.5 Å². The van der Waals surface area contributed by atoms with E-state index >= 15 is 0 Å². The van der Waals surface area contributed by atoms with Gasteiger partial charge in [-0.3, -0.25) is 4.79 Å². The van der Waals surface area contributed by atoms with Crippen LogP contribution in [0.25, 0.3) is 6.08 Å². The fraction of sp³-hybridized carbons (Fsp3) is 0.273. The Morgan fingerprint density at radius 2 is 1.85 bits per heavy atom. The lowest BCUT2D eigenvalue weighted by Crippen LogP contribution is -2.21. The molecule has 0 aliphatic heterocycles. The lowest BCUT2D eigenvalue weighted by molar-refractivity contribution is -0.112. The van der Waals surface area contributed by atoms with Gasteiger partial charge in [-0.25, -0.2) is 0 Å². The van der Waals surface area contributed by atoms with E-state index in [0.717, 1.165) is 29.9 Å². The van der Waals surface area contributed by atoms with Crippen LogP contribution in [0.3, 0.4) is 0 Å². The summed E-state index contributed by atoms with van der Waals surface area (Å²) in [5.74, 6) is -0.473. The number of aryl methyl sites for hydroxylation is 2. The molecule has 0 fully saturated rings. The number of aromatic hydroxyl groups is 1. The Hall–Kier alpha value is -3.26. The molecule has 5 nitrogen and oxygen atoms in total. The Bertz CT molecular complexity index is 906. The molecule has 5 heteroatoms. The van der Waals surface area contributed by atoms with Crippen molar-refractivity contribution in [2.75, 3.05) is 23.3 Å². The van der Waals surface area contributed by atoms with Gasteiger partial charge in [-0.05, 0) is 69.2 Å². The third-order valence-corrected chi connectivity index (χ3v) is 4.57. The minimum atomic E-state index is -0.507. The normalized spacial score (nSPS) is 11.0. The molecule has 0 saturated heterocycles. The number of benzene rings is 2. The summed E-state index contributed by atoms with van der Waals surface area (Å²) in [7, 11) is 0. The number of nitrogens with one attached hydrogen (secondary N) is 1. The van der Waals surface area contributed by atoms with Gasteiger partial charge in [0.1, 0.15) is 17.4 Å². The lowest BCUT2D eigenvalue weighted by atomic mass is 10.1. The second kappa shape index (κ2) is 8.91. The van der Waals surface area contributed by atoms with Gasteiger partial charge in [0, 0.05) is 36.1 Å². The topological polar surface area (TPSA) is 76.4 Å². The van der Waals surface area contributed by atoms with Crippen LogP contribution in [0, 0.1) is 25.2 Å². The number of hydrogen-bond acceptors (Lipinski definition) is 4. The average molecular weight is 363 g/mol. The Balaban J connectivity index is 2.25. The highest BCUT2D eigenvalue weighted by molar-refractivity contribution is 6.09. The van der Waals surface area contributed by atoms with Gasteiger partial charge in [0.15, 0.2) is 0 Å². The van der Waals surface area contributed by atoms with Gasteiger partial charge in [-0.2, -0.15) is 5.26 Å². The number of nitrogens with zero attached hydrogens (tertiary/aromatic N) is 2. The van der Waals surface area contributed by atoms with Crippen LogP contribution in [0.4, 0.5) is 11.4 Å². The zero-order valence-electron chi connectivity index (χ0n) is 16.2. The van der Waals surface area contributed by atoms with E-state index in [1.54, 1.807) is 18.2 Å². The van der Waals surface area contributed by atoms with Crippen molar-refractivity contribution in [1.82, 2.24) is 0 Å². The van der Waals surface area contributed by atoms with E-state index in [0.29, 0.717) is 11.3 Å². The Morgan fingerprint density at radius 1 is 1.15 bits per heavy atom. The molecule has 0 heterocycles. The number of anilines is 2. The average Bonchev–Trinajstić information content (AvgIpc) is 2.65. The van der Waals surface area contributed by atoms with Gasteiger partial charge in [-0.1, -0.05) is 6.07 Å². The quantitative estimate of drug-likeness (QED) is 0.589. The minimum absolute atomic E-state index is 0.0335. The van der Waals surface area contributed by atoms with Crippen LogP contribution in [0.15, 0.2) is 42.0 Å². The first kappa shape index (κ1) is 20.1. The summed E-state index contributed by atoms with van der Waals surface area (Å²) in [5, 5.41) is 22.4. The third kappa shape index (κ3) is 4.89. The monoisotopic (exact) mass is 363 g/mol. The Kier molecular flexibility index (Phi) is 6.62. The van der Waals surface area contributed by atoms with E-state index in [4.69, 9.17) is 0 Å². The molecular weight excluding hydrogens is 338 g/mol. The molecule has 2 rings (SSSR count). The molecule has 0 unspecified atom stereocenters. The fourth-order valence-electron chi connectivity index (χ4n) is 2.76. The van der Waals surface area contributed by atoms with Crippen molar-refractivity contribution < 1.29 is 9.90 Å². The number of carbonyl (C=O) groups excluding carboxylic acids is 1. The van der Waals surface area contributed by atoms with Crippen molar-refractivity contribution in [2.24, 2.45) is 0 Å². The van der Waals surface area contributed by atoms with Crippen molar-refractivity contribution in [3.63, 3.8) is 0 Å². The van der Waals surface area contributed by atoms with Crippen LogP contribution in [-0.2, 0) is 4.79 Å². The second-order valence-electron chi connectivity index (χ2n) is 6.34. The van der Waals surface area contributed by atoms with Crippen molar-refractivity contribution in [3.8, 4) is 11.8 Å². The summed E-state index contributed by atoms with van der Waals surface area (Å²) >= 11 is 0. The standard InChI is InChI=1S/C22H25N3O2/c1-5-25(6-2)20-10-8-17(21(26)13-20)12-18(14-23)22(27)24-19-9-7-15(3)16(4)11-19/h7-13,26H,5-6H2,1-4H3,(H,24,27)/b18-12+. The number of phenolic OH excluding ortho intramolecular Hbond substituents is 1. The molecule has 27 heavy (non-hydrogen) atoms. The Labute approximate surface area is 160 Å². The predicted molar refractivity (Wildman–Crippen MR) is 110 cm³/mol. The van der Waals surface area contributed by atoms with Crippen LogP contribution in [0.5, 0.6) is 5.75 Å². The van der Waals surface area contributed by atoms with Gasteiger partial charge >= 0.3 is 0 Å². The first-order valence-corrected chi connectivity index (χ1v) is 8.98. The number of carbonyl (C=O) groups is 1. The van der Waals surface area contributed by atoms with E-state index in [2.05, 4.69) is 10.2 Å². The van der Waals surface area contributed by atoms with Gasteiger partial charge in [0.05, 0.1) is 0 Å². The van der Waals surface area contributed by atoms with Crippen molar-refractivity contribution in [3.05, 3.63) is 58.7 Å².